The highest BCUT2D eigenvalue weighted by Gasteiger charge is 2.16. The lowest BCUT2D eigenvalue weighted by molar-refractivity contribution is -0.120. The van der Waals surface area contributed by atoms with Crippen molar-refractivity contribution >= 4 is 17.2 Å². The Morgan fingerprint density at radius 1 is 1.26 bits per heavy atom. The highest BCUT2D eigenvalue weighted by Crippen LogP contribution is 2.22. The van der Waals surface area contributed by atoms with Gasteiger partial charge in [-0.05, 0) is 50.2 Å². The lowest BCUT2D eigenvalue weighted by atomic mass is 10.1. The van der Waals surface area contributed by atoms with Crippen LogP contribution in [0.5, 0.6) is 5.75 Å². The van der Waals surface area contributed by atoms with Crippen LogP contribution in [0.3, 0.4) is 0 Å². The summed E-state index contributed by atoms with van der Waals surface area (Å²) in [6.45, 7) is 3.22. The Balaban J connectivity index is 1.86. The molecule has 2 rings (SSSR count). The molecule has 4 nitrogen and oxygen atoms in total. The van der Waals surface area contributed by atoms with Crippen LogP contribution in [0.15, 0.2) is 41.8 Å². The molecule has 0 aliphatic carbocycles. The van der Waals surface area contributed by atoms with Gasteiger partial charge in [-0.15, -0.1) is 11.3 Å². The topological polar surface area (TPSA) is 41.6 Å². The second-order valence-corrected chi connectivity index (χ2v) is 6.53. The number of hydrogen-bond donors (Lipinski definition) is 1. The van der Waals surface area contributed by atoms with Gasteiger partial charge in [0.25, 0.3) is 0 Å². The van der Waals surface area contributed by atoms with E-state index in [2.05, 4.69) is 21.7 Å². The first-order valence-electron chi connectivity index (χ1n) is 7.78. The third kappa shape index (κ3) is 5.37. The minimum absolute atomic E-state index is 0.0394. The maximum Gasteiger partial charge on any atom is 0.224 e. The lowest BCUT2D eigenvalue weighted by Crippen LogP contribution is -2.34. The Kier molecular flexibility index (Phi) is 6.62. The summed E-state index contributed by atoms with van der Waals surface area (Å²) in [5.41, 5.74) is 0.989. The Morgan fingerprint density at radius 2 is 2.00 bits per heavy atom. The molecule has 0 fully saturated rings. The maximum atomic E-state index is 12.2. The number of carbonyl (C=O) groups is 1. The van der Waals surface area contributed by atoms with Crippen LogP contribution in [-0.2, 0) is 11.2 Å². The molecular formula is C18H24N2O2S. The van der Waals surface area contributed by atoms with Crippen molar-refractivity contribution in [1.29, 1.82) is 0 Å². The van der Waals surface area contributed by atoms with Crippen molar-refractivity contribution in [3.05, 3.63) is 52.2 Å². The average Bonchev–Trinajstić information content (AvgIpc) is 3.03. The summed E-state index contributed by atoms with van der Waals surface area (Å²) < 4.78 is 5.41. The Labute approximate surface area is 142 Å². The fraction of sp³-hybridized carbons (Fsp3) is 0.389. The number of rotatable bonds is 8. The smallest absolute Gasteiger partial charge is 0.224 e. The SMILES string of the molecule is CCOc1ccc(CC(=O)NC[C@H](c2cccs2)N(C)C)cc1. The van der Waals surface area contributed by atoms with Gasteiger partial charge in [0.1, 0.15) is 5.75 Å². The molecule has 0 saturated heterocycles. The molecule has 1 heterocycles. The van der Waals surface area contributed by atoms with Crippen molar-refractivity contribution in [3.8, 4) is 5.75 Å². The number of hydrogen-bond acceptors (Lipinski definition) is 4. The van der Waals surface area contributed by atoms with Gasteiger partial charge >= 0.3 is 0 Å². The van der Waals surface area contributed by atoms with Crippen LogP contribution >= 0.6 is 11.3 Å². The molecule has 1 aromatic heterocycles. The molecule has 0 bridgehead atoms. The molecule has 124 valence electrons. The van der Waals surface area contributed by atoms with Crippen molar-refractivity contribution in [3.63, 3.8) is 0 Å². The zero-order valence-electron chi connectivity index (χ0n) is 13.9. The van der Waals surface area contributed by atoms with Gasteiger partial charge in [0.05, 0.1) is 19.1 Å². The van der Waals surface area contributed by atoms with Crippen LogP contribution in [-0.4, -0.2) is 38.1 Å². The molecule has 1 amide bonds. The summed E-state index contributed by atoms with van der Waals surface area (Å²) in [6, 6.07) is 12.0. The van der Waals surface area contributed by atoms with Crippen molar-refractivity contribution in [2.45, 2.75) is 19.4 Å². The number of thiophene rings is 1. The van der Waals surface area contributed by atoms with Gasteiger partial charge in [-0.3, -0.25) is 4.79 Å². The summed E-state index contributed by atoms with van der Waals surface area (Å²) >= 11 is 1.71. The summed E-state index contributed by atoms with van der Waals surface area (Å²) in [7, 11) is 4.06. The molecule has 0 aliphatic heterocycles. The van der Waals surface area contributed by atoms with Crippen molar-refractivity contribution in [1.82, 2.24) is 10.2 Å². The lowest BCUT2D eigenvalue weighted by Gasteiger charge is -2.23. The van der Waals surface area contributed by atoms with Crippen molar-refractivity contribution in [2.24, 2.45) is 0 Å². The molecule has 0 spiro atoms. The van der Waals surface area contributed by atoms with Gasteiger partial charge < -0.3 is 15.0 Å². The number of nitrogens with zero attached hydrogens (tertiary/aromatic N) is 1. The fourth-order valence-electron chi connectivity index (χ4n) is 2.35. The molecular weight excluding hydrogens is 308 g/mol. The predicted molar refractivity (Wildman–Crippen MR) is 95.1 cm³/mol. The second kappa shape index (κ2) is 8.70. The summed E-state index contributed by atoms with van der Waals surface area (Å²) in [5, 5.41) is 5.10. The van der Waals surface area contributed by atoms with Crippen LogP contribution in [0.4, 0.5) is 0 Å². The average molecular weight is 332 g/mol. The Morgan fingerprint density at radius 3 is 2.57 bits per heavy atom. The second-order valence-electron chi connectivity index (χ2n) is 5.55. The van der Waals surface area contributed by atoms with E-state index in [-0.39, 0.29) is 11.9 Å². The molecule has 0 saturated carbocycles. The number of carbonyl (C=O) groups excluding carboxylic acids is 1. The normalized spacial score (nSPS) is 12.2. The molecule has 1 aromatic carbocycles. The van der Waals surface area contributed by atoms with Crippen molar-refractivity contribution < 1.29 is 9.53 Å². The van der Waals surface area contributed by atoms with Gasteiger partial charge in [-0.25, -0.2) is 0 Å². The van der Waals surface area contributed by atoms with Gasteiger partial charge in [-0.1, -0.05) is 18.2 Å². The number of ether oxygens (including phenoxy) is 1. The van der Waals surface area contributed by atoms with E-state index in [1.807, 2.05) is 51.4 Å². The van der Waals surface area contributed by atoms with Crippen LogP contribution in [0, 0.1) is 0 Å². The molecule has 1 atom stereocenters. The number of likely N-dealkylation sites (N-methyl/N-ethyl adjacent to an activating group) is 1. The van der Waals surface area contributed by atoms with E-state index in [4.69, 9.17) is 4.74 Å². The number of nitrogens with one attached hydrogen (secondary N) is 1. The quantitative estimate of drug-likeness (QED) is 0.807. The van der Waals surface area contributed by atoms with E-state index in [0.717, 1.165) is 11.3 Å². The minimum atomic E-state index is 0.0394. The van der Waals surface area contributed by atoms with Crippen LogP contribution in [0.25, 0.3) is 0 Å². The highest BCUT2D eigenvalue weighted by atomic mass is 32.1. The third-order valence-electron chi connectivity index (χ3n) is 3.59. The third-order valence-corrected chi connectivity index (χ3v) is 4.56. The van der Waals surface area contributed by atoms with Gasteiger partial charge in [0.2, 0.25) is 5.91 Å². The summed E-state index contributed by atoms with van der Waals surface area (Å²) in [4.78, 5) is 15.6. The fourth-order valence-corrected chi connectivity index (χ4v) is 3.27. The first-order chi connectivity index (χ1) is 11.1. The van der Waals surface area contributed by atoms with Crippen LogP contribution < -0.4 is 10.1 Å². The summed E-state index contributed by atoms with van der Waals surface area (Å²) in [6.07, 6.45) is 0.386. The predicted octanol–water partition coefficient (Wildman–Crippen LogP) is 3.11. The zero-order valence-corrected chi connectivity index (χ0v) is 14.7. The largest absolute Gasteiger partial charge is 0.494 e. The van der Waals surface area contributed by atoms with E-state index < -0.39 is 0 Å². The van der Waals surface area contributed by atoms with Gasteiger partial charge in [0, 0.05) is 11.4 Å². The Bertz CT molecular complexity index is 594. The van der Waals surface area contributed by atoms with Gasteiger partial charge in [-0.2, -0.15) is 0 Å². The van der Waals surface area contributed by atoms with Gasteiger partial charge in [0.15, 0.2) is 0 Å². The molecule has 5 heteroatoms. The number of amides is 1. The minimum Gasteiger partial charge on any atom is -0.494 e. The first-order valence-corrected chi connectivity index (χ1v) is 8.66. The monoisotopic (exact) mass is 332 g/mol. The van der Waals surface area contributed by atoms with Crippen LogP contribution in [0.1, 0.15) is 23.4 Å². The van der Waals surface area contributed by atoms with E-state index in [1.165, 1.54) is 4.88 Å². The van der Waals surface area contributed by atoms with E-state index >= 15 is 0 Å². The highest BCUT2D eigenvalue weighted by molar-refractivity contribution is 7.10. The molecule has 1 N–H and O–H groups in total. The standard InChI is InChI=1S/C18H24N2O2S/c1-4-22-15-9-7-14(8-10-15)12-18(21)19-13-16(20(2)3)17-6-5-11-23-17/h5-11,16H,4,12-13H2,1-3H3,(H,19,21)/t16-/m1/s1. The first kappa shape index (κ1) is 17.5. The van der Waals surface area contributed by atoms with E-state index in [0.29, 0.717) is 19.6 Å². The zero-order chi connectivity index (χ0) is 16.7. The number of benzene rings is 1. The van der Waals surface area contributed by atoms with E-state index in [9.17, 15) is 4.79 Å². The summed E-state index contributed by atoms with van der Waals surface area (Å²) in [5.74, 6) is 0.875. The molecule has 0 unspecified atom stereocenters. The maximum absolute atomic E-state index is 12.2. The van der Waals surface area contributed by atoms with Crippen molar-refractivity contribution in [2.75, 3.05) is 27.2 Å². The molecule has 2 aromatic rings. The van der Waals surface area contributed by atoms with E-state index in [1.54, 1.807) is 11.3 Å². The molecule has 0 radical (unpaired) electrons. The molecule has 0 aliphatic rings. The molecule has 23 heavy (non-hydrogen) atoms. The van der Waals surface area contributed by atoms with Crippen LogP contribution in [0.2, 0.25) is 0 Å². The Hall–Kier alpha value is -1.85.